The topological polar surface area (TPSA) is 206 Å². The van der Waals surface area contributed by atoms with Crippen LogP contribution in [0.4, 0.5) is 0 Å². The van der Waals surface area contributed by atoms with E-state index in [0.717, 1.165) is 6.08 Å². The van der Waals surface area contributed by atoms with Gasteiger partial charge in [-0.2, -0.15) is 0 Å². The monoisotopic (exact) mass is 608 g/mol. The fourth-order valence-electron chi connectivity index (χ4n) is 4.52. The lowest BCUT2D eigenvalue weighted by molar-refractivity contribution is -0.278. The van der Waals surface area contributed by atoms with E-state index < -0.39 is 60.2 Å². The van der Waals surface area contributed by atoms with Crippen molar-refractivity contribution in [2.75, 3.05) is 13.7 Å². The predicted octanol–water partition coefficient (Wildman–Crippen LogP) is 2.03. The van der Waals surface area contributed by atoms with Crippen LogP contribution in [0, 0.1) is 0 Å². The van der Waals surface area contributed by atoms with Crippen molar-refractivity contribution >= 4 is 23.0 Å². The Balaban J connectivity index is 1.43. The van der Waals surface area contributed by atoms with E-state index in [2.05, 4.69) is 0 Å². The van der Waals surface area contributed by atoms with Gasteiger partial charge in [0.05, 0.1) is 7.11 Å². The molecule has 44 heavy (non-hydrogen) atoms. The molecule has 230 valence electrons. The highest BCUT2D eigenvalue weighted by molar-refractivity contribution is 5.88. The number of hydrogen-bond donors (Lipinski definition) is 6. The van der Waals surface area contributed by atoms with Crippen molar-refractivity contribution in [2.45, 2.75) is 30.7 Å². The third-order valence-electron chi connectivity index (χ3n) is 6.87. The molecular weight excluding hydrogens is 580 g/mol. The molecule has 5 atom stereocenters. The number of carbonyl (C=O) groups excluding carboxylic acids is 1. The van der Waals surface area contributed by atoms with E-state index >= 15 is 0 Å². The highest BCUT2D eigenvalue weighted by Gasteiger charge is 2.46. The summed E-state index contributed by atoms with van der Waals surface area (Å²) in [5, 5.41) is 61.1. The van der Waals surface area contributed by atoms with Crippen LogP contribution in [0.1, 0.15) is 5.56 Å². The number of methoxy groups -OCH3 is 1. The molecule has 0 saturated carbocycles. The molecule has 1 saturated heterocycles. The molecule has 2 heterocycles. The Hall–Kier alpha value is -5.08. The van der Waals surface area contributed by atoms with E-state index in [9.17, 15) is 40.2 Å². The number of benzene rings is 3. The Labute approximate surface area is 249 Å². The Morgan fingerprint density at radius 3 is 2.23 bits per heavy atom. The van der Waals surface area contributed by atoms with Crippen molar-refractivity contribution < 1.29 is 58.8 Å². The number of rotatable bonds is 8. The van der Waals surface area contributed by atoms with E-state index in [-0.39, 0.29) is 39.5 Å². The molecule has 5 rings (SSSR count). The average molecular weight is 609 g/mol. The van der Waals surface area contributed by atoms with Crippen molar-refractivity contribution in [2.24, 2.45) is 0 Å². The van der Waals surface area contributed by atoms with Crippen LogP contribution in [0.25, 0.3) is 28.4 Å². The third-order valence-corrected chi connectivity index (χ3v) is 6.87. The zero-order valence-electron chi connectivity index (χ0n) is 23.1. The summed E-state index contributed by atoms with van der Waals surface area (Å²) in [7, 11) is 1.36. The van der Waals surface area contributed by atoms with E-state index in [1.165, 1.54) is 61.7 Å². The molecule has 1 aliphatic rings. The van der Waals surface area contributed by atoms with Crippen LogP contribution in [0.5, 0.6) is 28.7 Å². The lowest BCUT2D eigenvalue weighted by atomic mass is 9.99. The maximum absolute atomic E-state index is 13.7. The van der Waals surface area contributed by atoms with Crippen molar-refractivity contribution in [1.82, 2.24) is 0 Å². The fraction of sp³-hybridized carbons (Fsp3) is 0.226. The van der Waals surface area contributed by atoms with Gasteiger partial charge < -0.3 is 54.0 Å². The number of fused-ring (bicyclic) bond motifs is 1. The first-order valence-electron chi connectivity index (χ1n) is 13.2. The summed E-state index contributed by atoms with van der Waals surface area (Å²) in [5.41, 5.74) is -0.0686. The van der Waals surface area contributed by atoms with Crippen LogP contribution in [-0.2, 0) is 14.3 Å². The summed E-state index contributed by atoms with van der Waals surface area (Å²) < 4.78 is 27.6. The standard InChI is InChI=1S/C31H28O13/c1-40-19-12-20(34)24-21(13-19)42-29(16-5-9-18(33)10-6-16)30(26(24)37)44-31-28(39)27(38)25(36)22(43-31)14-41-23(35)11-4-15-2-7-17(32)8-3-15/h2-13,22,25,27-28,31-34,36,38-39H,14H2,1H3/t22-,25-,27+,28-,31+/m1/s1. The Morgan fingerprint density at radius 2 is 1.57 bits per heavy atom. The van der Waals surface area contributed by atoms with Gasteiger partial charge >= 0.3 is 5.97 Å². The van der Waals surface area contributed by atoms with Crippen molar-refractivity contribution in [3.8, 4) is 40.1 Å². The van der Waals surface area contributed by atoms with Gasteiger partial charge in [0.1, 0.15) is 65.0 Å². The highest BCUT2D eigenvalue weighted by atomic mass is 16.7. The zero-order valence-corrected chi connectivity index (χ0v) is 23.1. The quantitative estimate of drug-likeness (QED) is 0.125. The fourth-order valence-corrected chi connectivity index (χ4v) is 4.52. The molecule has 0 bridgehead atoms. The van der Waals surface area contributed by atoms with Crippen LogP contribution in [0.15, 0.2) is 76.0 Å². The SMILES string of the molecule is COc1cc(O)c2c(=O)c(O[C@@H]3O[C@H](COC(=O)C=Cc4ccc(O)cc4)[C@@H](O)[C@H](O)[C@H]3O)c(-c3ccc(O)cc3)oc2c1. The Morgan fingerprint density at radius 1 is 0.909 bits per heavy atom. The molecule has 1 fully saturated rings. The summed E-state index contributed by atoms with van der Waals surface area (Å²) in [6, 6.07) is 14.1. The molecule has 0 aliphatic carbocycles. The van der Waals surface area contributed by atoms with Gasteiger partial charge in [-0.15, -0.1) is 0 Å². The van der Waals surface area contributed by atoms with E-state index in [4.69, 9.17) is 23.4 Å². The number of aliphatic hydroxyl groups is 3. The second-order valence-corrected chi connectivity index (χ2v) is 9.84. The van der Waals surface area contributed by atoms with Crippen molar-refractivity contribution in [1.29, 1.82) is 0 Å². The number of phenols is 3. The largest absolute Gasteiger partial charge is 0.508 e. The molecule has 6 N–H and O–H groups in total. The lowest BCUT2D eigenvalue weighted by Crippen LogP contribution is -2.60. The molecule has 4 aromatic rings. The van der Waals surface area contributed by atoms with Gasteiger partial charge in [0.2, 0.25) is 17.5 Å². The smallest absolute Gasteiger partial charge is 0.330 e. The molecule has 0 amide bonds. The number of carbonyl (C=O) groups is 1. The van der Waals surface area contributed by atoms with Crippen molar-refractivity contribution in [3.05, 3.63) is 82.5 Å². The van der Waals surface area contributed by atoms with E-state index in [1.807, 2.05) is 0 Å². The van der Waals surface area contributed by atoms with Crippen LogP contribution in [0.3, 0.4) is 0 Å². The van der Waals surface area contributed by atoms with Gasteiger partial charge in [0.15, 0.2) is 5.76 Å². The number of phenolic OH excluding ortho intramolecular Hbond substituents is 3. The third kappa shape index (κ3) is 6.31. The number of esters is 1. The van der Waals surface area contributed by atoms with E-state index in [1.54, 1.807) is 12.1 Å². The molecular formula is C31H28O13. The molecule has 13 nitrogen and oxygen atoms in total. The lowest BCUT2D eigenvalue weighted by Gasteiger charge is -2.39. The second kappa shape index (κ2) is 12.7. The second-order valence-electron chi connectivity index (χ2n) is 9.84. The minimum Gasteiger partial charge on any atom is -0.508 e. The number of hydrogen-bond acceptors (Lipinski definition) is 13. The molecule has 1 aromatic heterocycles. The van der Waals surface area contributed by atoms with Gasteiger partial charge in [-0.3, -0.25) is 4.79 Å². The molecule has 0 radical (unpaired) electrons. The van der Waals surface area contributed by atoms with Gasteiger partial charge in [-0.05, 0) is 48.0 Å². The predicted molar refractivity (Wildman–Crippen MR) is 153 cm³/mol. The zero-order chi connectivity index (χ0) is 31.5. The summed E-state index contributed by atoms with van der Waals surface area (Å²) in [4.78, 5) is 25.9. The Kier molecular flexibility index (Phi) is 8.73. The highest BCUT2D eigenvalue weighted by Crippen LogP contribution is 2.37. The van der Waals surface area contributed by atoms with Crippen molar-refractivity contribution in [3.63, 3.8) is 0 Å². The van der Waals surface area contributed by atoms with E-state index in [0.29, 0.717) is 5.56 Å². The maximum Gasteiger partial charge on any atom is 0.330 e. The number of aliphatic hydroxyl groups excluding tert-OH is 3. The minimum atomic E-state index is -1.88. The average Bonchev–Trinajstić information content (AvgIpc) is 3.01. The van der Waals surface area contributed by atoms with Crippen LogP contribution in [-0.4, -0.2) is 81.0 Å². The van der Waals surface area contributed by atoms with Crippen LogP contribution >= 0.6 is 0 Å². The normalized spacial score (nSPS) is 21.8. The molecule has 0 unspecified atom stereocenters. The first-order chi connectivity index (χ1) is 21.0. The summed E-state index contributed by atoms with van der Waals surface area (Å²) in [5.74, 6) is -1.82. The molecule has 13 heteroatoms. The first-order valence-corrected chi connectivity index (χ1v) is 13.2. The molecule has 3 aromatic carbocycles. The minimum absolute atomic E-state index is 0.0550. The van der Waals surface area contributed by atoms with Gasteiger partial charge in [-0.1, -0.05) is 12.1 Å². The van der Waals surface area contributed by atoms with Crippen LogP contribution in [0.2, 0.25) is 0 Å². The van der Waals surface area contributed by atoms with Gasteiger partial charge in [0, 0.05) is 23.8 Å². The number of ether oxygens (including phenoxy) is 4. The molecule has 1 aliphatic heterocycles. The summed E-state index contributed by atoms with van der Waals surface area (Å²) >= 11 is 0. The van der Waals surface area contributed by atoms with Gasteiger partial charge in [-0.25, -0.2) is 4.79 Å². The van der Waals surface area contributed by atoms with Gasteiger partial charge in [0.25, 0.3) is 0 Å². The Bertz CT molecular complexity index is 1730. The summed E-state index contributed by atoms with van der Waals surface area (Å²) in [6.07, 6.45) is -6.06. The molecule has 0 spiro atoms. The first kappa shape index (κ1) is 30.4. The van der Waals surface area contributed by atoms with Crippen LogP contribution < -0.4 is 14.9 Å². The maximum atomic E-state index is 13.7. The number of aromatic hydroxyl groups is 3. The summed E-state index contributed by atoms with van der Waals surface area (Å²) in [6.45, 7) is -0.568.